The van der Waals surface area contributed by atoms with E-state index in [2.05, 4.69) is 0 Å². The molecule has 0 bridgehead atoms. The lowest BCUT2D eigenvalue weighted by Crippen LogP contribution is -2.22. The maximum Gasteiger partial charge on any atom is 0.126 e. The van der Waals surface area contributed by atoms with Crippen LogP contribution >= 0.6 is 11.8 Å². The molecule has 0 fully saturated rings. The quantitative estimate of drug-likeness (QED) is 0.499. The van der Waals surface area contributed by atoms with Crippen LogP contribution < -0.4 is 10.6 Å². The van der Waals surface area contributed by atoms with E-state index in [4.69, 9.17) is 11.1 Å². The maximum absolute atomic E-state index is 13.1. The van der Waals surface area contributed by atoms with E-state index in [9.17, 15) is 4.39 Å². The maximum atomic E-state index is 13.1. The molecule has 0 amide bonds. The minimum absolute atomic E-state index is 0.0375. The Morgan fingerprint density at radius 3 is 2.43 bits per heavy atom. The van der Waals surface area contributed by atoms with Crippen molar-refractivity contribution in [3.05, 3.63) is 53.8 Å². The highest BCUT2D eigenvalue weighted by Crippen LogP contribution is 2.33. The number of rotatable bonds is 5. The first-order chi connectivity index (χ1) is 10.1. The van der Waals surface area contributed by atoms with Gasteiger partial charge in [0, 0.05) is 17.1 Å². The van der Waals surface area contributed by atoms with Crippen LogP contribution in [0.5, 0.6) is 0 Å². The van der Waals surface area contributed by atoms with Gasteiger partial charge in [-0.15, -0.1) is 11.8 Å². The second-order valence-corrected chi connectivity index (χ2v) is 5.34. The molecule has 2 aromatic rings. The molecule has 110 valence electrons. The normalized spacial score (nSPS) is 10.4. The molecule has 0 aromatic heterocycles. The van der Waals surface area contributed by atoms with E-state index >= 15 is 0 Å². The van der Waals surface area contributed by atoms with Crippen LogP contribution in [0.15, 0.2) is 47.4 Å². The highest BCUT2D eigenvalue weighted by atomic mass is 32.2. The minimum atomic E-state index is -0.264. The number of amidine groups is 1. The number of hydrogen-bond acceptors (Lipinski definition) is 3. The summed E-state index contributed by atoms with van der Waals surface area (Å²) in [5, 5.41) is 7.86. The van der Waals surface area contributed by atoms with Crippen LogP contribution in [0.1, 0.15) is 12.5 Å². The Balaban J connectivity index is 2.57. The van der Waals surface area contributed by atoms with Crippen molar-refractivity contribution >= 4 is 29.0 Å². The van der Waals surface area contributed by atoms with Crippen LogP contribution in [0, 0.1) is 11.2 Å². The molecule has 2 rings (SSSR count). The zero-order chi connectivity index (χ0) is 15.4. The number of nitrogens with two attached hydrogens (primary N) is 1. The Bertz CT molecular complexity index is 640. The number of halogens is 1. The summed E-state index contributed by atoms with van der Waals surface area (Å²) in [7, 11) is 0. The molecular weight excluding hydrogens is 285 g/mol. The van der Waals surface area contributed by atoms with Crippen LogP contribution in [0.25, 0.3) is 0 Å². The van der Waals surface area contributed by atoms with Gasteiger partial charge in [-0.2, -0.15) is 0 Å². The predicted molar refractivity (Wildman–Crippen MR) is 88.3 cm³/mol. The first kappa shape index (κ1) is 15.4. The second-order valence-electron chi connectivity index (χ2n) is 4.49. The summed E-state index contributed by atoms with van der Waals surface area (Å²) < 4.78 is 13.1. The SMILES string of the molecule is CCN(c1ccc(F)cc1)c1cccc(SC)c1C(=N)N. The van der Waals surface area contributed by atoms with Gasteiger partial charge in [0.15, 0.2) is 0 Å². The first-order valence-corrected chi connectivity index (χ1v) is 7.85. The van der Waals surface area contributed by atoms with Gasteiger partial charge in [0.05, 0.1) is 11.3 Å². The van der Waals surface area contributed by atoms with E-state index in [-0.39, 0.29) is 11.7 Å². The topological polar surface area (TPSA) is 53.1 Å². The number of nitrogen functional groups attached to an aromatic ring is 1. The van der Waals surface area contributed by atoms with Crippen molar-refractivity contribution in [2.24, 2.45) is 5.73 Å². The number of anilines is 2. The molecule has 0 saturated heterocycles. The van der Waals surface area contributed by atoms with Crippen LogP contribution in [0.3, 0.4) is 0 Å². The van der Waals surface area contributed by atoms with Gasteiger partial charge in [-0.05, 0) is 49.6 Å². The molecule has 5 heteroatoms. The van der Waals surface area contributed by atoms with Gasteiger partial charge >= 0.3 is 0 Å². The van der Waals surface area contributed by atoms with Crippen molar-refractivity contribution in [3.63, 3.8) is 0 Å². The fourth-order valence-corrected chi connectivity index (χ4v) is 2.93. The Kier molecular flexibility index (Phi) is 4.85. The summed E-state index contributed by atoms with van der Waals surface area (Å²) in [6.07, 6.45) is 1.96. The van der Waals surface area contributed by atoms with Crippen molar-refractivity contribution in [2.45, 2.75) is 11.8 Å². The lowest BCUT2D eigenvalue weighted by atomic mass is 10.1. The molecule has 0 atom stereocenters. The molecule has 0 aliphatic heterocycles. The summed E-state index contributed by atoms with van der Waals surface area (Å²) >= 11 is 1.56. The number of thioether (sulfide) groups is 1. The number of benzene rings is 2. The van der Waals surface area contributed by atoms with Crippen molar-refractivity contribution in [3.8, 4) is 0 Å². The average Bonchev–Trinajstić information content (AvgIpc) is 2.49. The van der Waals surface area contributed by atoms with Crippen LogP contribution in [-0.4, -0.2) is 18.6 Å². The molecule has 0 unspecified atom stereocenters. The summed E-state index contributed by atoms with van der Waals surface area (Å²) in [5.41, 5.74) is 8.23. The first-order valence-electron chi connectivity index (χ1n) is 6.63. The average molecular weight is 303 g/mol. The van der Waals surface area contributed by atoms with Gasteiger partial charge in [-0.1, -0.05) is 6.07 Å². The Hall–Kier alpha value is -2.01. The fourth-order valence-electron chi connectivity index (χ4n) is 2.30. The third kappa shape index (κ3) is 3.19. The van der Waals surface area contributed by atoms with Crippen LogP contribution in [-0.2, 0) is 0 Å². The molecule has 0 saturated carbocycles. The fraction of sp³-hybridized carbons (Fsp3) is 0.188. The Labute approximate surface area is 128 Å². The molecule has 0 heterocycles. The van der Waals surface area contributed by atoms with Crippen molar-refractivity contribution in [1.29, 1.82) is 5.41 Å². The number of nitrogens with one attached hydrogen (secondary N) is 1. The molecule has 21 heavy (non-hydrogen) atoms. The summed E-state index contributed by atoms with van der Waals surface area (Å²) in [4.78, 5) is 2.98. The lowest BCUT2D eigenvalue weighted by molar-refractivity contribution is 0.628. The Morgan fingerprint density at radius 1 is 1.24 bits per heavy atom. The largest absolute Gasteiger partial charge is 0.384 e. The van der Waals surface area contributed by atoms with E-state index in [0.717, 1.165) is 21.8 Å². The zero-order valence-electron chi connectivity index (χ0n) is 12.1. The minimum Gasteiger partial charge on any atom is -0.384 e. The molecule has 0 aliphatic carbocycles. The van der Waals surface area contributed by atoms with Crippen LogP contribution in [0.2, 0.25) is 0 Å². The highest BCUT2D eigenvalue weighted by Gasteiger charge is 2.16. The zero-order valence-corrected chi connectivity index (χ0v) is 12.9. The molecule has 2 aromatic carbocycles. The summed E-state index contributed by atoms with van der Waals surface area (Å²) in [6, 6.07) is 12.2. The molecule has 0 spiro atoms. The van der Waals surface area contributed by atoms with E-state index in [0.29, 0.717) is 6.54 Å². The molecular formula is C16H18FN3S. The number of hydrogen-bond donors (Lipinski definition) is 2. The third-order valence-corrected chi connectivity index (χ3v) is 4.02. The van der Waals surface area contributed by atoms with E-state index < -0.39 is 0 Å². The van der Waals surface area contributed by atoms with Crippen LogP contribution in [0.4, 0.5) is 15.8 Å². The molecule has 0 radical (unpaired) electrons. The van der Waals surface area contributed by atoms with E-state index in [1.807, 2.05) is 36.3 Å². The van der Waals surface area contributed by atoms with Gasteiger partial charge in [0.2, 0.25) is 0 Å². The molecule has 3 N–H and O–H groups in total. The Morgan fingerprint density at radius 2 is 1.90 bits per heavy atom. The lowest BCUT2D eigenvalue weighted by Gasteiger charge is -2.26. The smallest absolute Gasteiger partial charge is 0.126 e. The van der Waals surface area contributed by atoms with Gasteiger partial charge in [0.25, 0.3) is 0 Å². The third-order valence-electron chi connectivity index (χ3n) is 3.24. The van der Waals surface area contributed by atoms with Crippen molar-refractivity contribution in [1.82, 2.24) is 0 Å². The summed E-state index contributed by atoms with van der Waals surface area (Å²) in [5.74, 6) is -0.227. The van der Waals surface area contributed by atoms with E-state index in [1.165, 1.54) is 12.1 Å². The van der Waals surface area contributed by atoms with Gasteiger partial charge in [0.1, 0.15) is 11.7 Å². The predicted octanol–water partition coefficient (Wildman–Crippen LogP) is 3.99. The van der Waals surface area contributed by atoms with E-state index in [1.54, 1.807) is 23.9 Å². The number of nitrogens with zero attached hydrogens (tertiary/aromatic N) is 1. The summed E-state index contributed by atoms with van der Waals surface area (Å²) in [6.45, 7) is 2.71. The van der Waals surface area contributed by atoms with Crippen molar-refractivity contribution < 1.29 is 4.39 Å². The monoisotopic (exact) mass is 303 g/mol. The highest BCUT2D eigenvalue weighted by molar-refractivity contribution is 7.98. The van der Waals surface area contributed by atoms with Crippen molar-refractivity contribution in [2.75, 3.05) is 17.7 Å². The van der Waals surface area contributed by atoms with Gasteiger partial charge in [-0.3, -0.25) is 5.41 Å². The molecule has 0 aliphatic rings. The second kappa shape index (κ2) is 6.63. The van der Waals surface area contributed by atoms with Gasteiger partial charge in [-0.25, -0.2) is 4.39 Å². The molecule has 3 nitrogen and oxygen atoms in total. The standard InChI is InChI=1S/C16H18FN3S/c1-3-20(12-9-7-11(17)8-10-12)13-5-4-6-14(21-2)15(13)16(18)19/h4-10H,3H2,1-2H3,(H3,18,19). The van der Waals surface area contributed by atoms with Gasteiger partial charge < -0.3 is 10.6 Å².